The predicted molar refractivity (Wildman–Crippen MR) is 120 cm³/mol. The van der Waals surface area contributed by atoms with E-state index in [9.17, 15) is 17.6 Å². The molecule has 0 aliphatic heterocycles. The highest BCUT2D eigenvalue weighted by molar-refractivity contribution is 7.90. The Morgan fingerprint density at radius 2 is 1.62 bits per heavy atom. The largest absolute Gasteiger partial charge is 0.508 e. The van der Waals surface area contributed by atoms with E-state index in [0.717, 1.165) is 40.9 Å². The zero-order valence-corrected chi connectivity index (χ0v) is 19.1. The van der Waals surface area contributed by atoms with Crippen LogP contribution in [0.5, 0.6) is 0 Å². The van der Waals surface area contributed by atoms with E-state index in [0.29, 0.717) is 13.0 Å². The molecule has 32 heavy (non-hydrogen) atoms. The number of hydrogen-bond donors (Lipinski definition) is 0. The number of sulfone groups is 1. The summed E-state index contributed by atoms with van der Waals surface area (Å²) in [6.45, 7) is 4.30. The molecule has 170 valence electrons. The van der Waals surface area contributed by atoms with Gasteiger partial charge in [0.15, 0.2) is 9.84 Å². The maximum Gasteiger partial charge on any atom is 0.508 e. The van der Waals surface area contributed by atoms with E-state index in [1.54, 1.807) is 36.4 Å². The molecule has 0 fully saturated rings. The molecule has 2 aromatic carbocycles. The minimum absolute atomic E-state index is 0.156. The van der Waals surface area contributed by atoms with Crippen molar-refractivity contribution in [3.8, 4) is 16.9 Å². The number of carbonyl (C=O) groups is 1. The third-order valence-electron chi connectivity index (χ3n) is 5.03. The van der Waals surface area contributed by atoms with E-state index in [1.807, 2.05) is 24.5 Å². The molecule has 0 unspecified atom stereocenters. The van der Waals surface area contributed by atoms with Gasteiger partial charge in [-0.05, 0) is 66.9 Å². The van der Waals surface area contributed by atoms with Crippen molar-refractivity contribution in [1.82, 2.24) is 4.57 Å². The minimum Gasteiger partial charge on any atom is -0.434 e. The van der Waals surface area contributed by atoms with Gasteiger partial charge >= 0.3 is 6.16 Å². The quantitative estimate of drug-likeness (QED) is 0.438. The van der Waals surface area contributed by atoms with Crippen LogP contribution >= 0.6 is 0 Å². The average molecular weight is 460 g/mol. The Hall–Kier alpha value is -3.13. The summed E-state index contributed by atoms with van der Waals surface area (Å²) in [5.74, 6) is -0.336. The topological polar surface area (TPSA) is 74.6 Å². The molecular formula is C24H26FNO5S. The summed E-state index contributed by atoms with van der Waals surface area (Å²) in [6.07, 6.45) is 1.65. The van der Waals surface area contributed by atoms with Gasteiger partial charge in [0.1, 0.15) is 5.82 Å². The van der Waals surface area contributed by atoms with Crippen molar-refractivity contribution in [2.75, 3.05) is 19.5 Å². The molecule has 3 aromatic rings. The number of rotatable bonds is 8. The molecule has 0 saturated carbocycles. The Labute approximate surface area is 187 Å². The lowest BCUT2D eigenvalue weighted by Crippen LogP contribution is -2.10. The summed E-state index contributed by atoms with van der Waals surface area (Å²) in [5.41, 5.74) is 4.24. The van der Waals surface area contributed by atoms with E-state index in [4.69, 9.17) is 9.47 Å². The Balaban J connectivity index is 1.95. The van der Waals surface area contributed by atoms with E-state index in [1.165, 1.54) is 12.1 Å². The molecule has 0 saturated heterocycles. The number of halogens is 1. The maximum absolute atomic E-state index is 13.5. The molecule has 1 heterocycles. The second-order valence-corrected chi connectivity index (χ2v) is 9.46. The van der Waals surface area contributed by atoms with Crippen LogP contribution in [0, 0.1) is 12.7 Å². The molecule has 8 heteroatoms. The molecule has 6 nitrogen and oxygen atoms in total. The van der Waals surface area contributed by atoms with Crippen molar-refractivity contribution in [1.29, 1.82) is 0 Å². The molecule has 1 aromatic heterocycles. The number of nitrogens with zero attached hydrogens (tertiary/aromatic N) is 1. The lowest BCUT2D eigenvalue weighted by molar-refractivity contribution is 0.0561. The van der Waals surface area contributed by atoms with Crippen molar-refractivity contribution in [3.63, 3.8) is 0 Å². The number of benzene rings is 2. The van der Waals surface area contributed by atoms with Crippen molar-refractivity contribution in [2.24, 2.45) is 0 Å². The van der Waals surface area contributed by atoms with Crippen molar-refractivity contribution in [3.05, 3.63) is 71.7 Å². The SMILES string of the molecule is CCCOC(=O)OCCc1cc(-c2ccc(S(C)(=O)=O)cc2)n(-c2ccc(F)cc2)c1C. The fraction of sp³-hybridized carbons (Fsp3) is 0.292. The Morgan fingerprint density at radius 1 is 1.00 bits per heavy atom. The number of hydrogen-bond acceptors (Lipinski definition) is 5. The highest BCUT2D eigenvalue weighted by Crippen LogP contribution is 2.30. The van der Waals surface area contributed by atoms with Crippen LogP contribution in [0.3, 0.4) is 0 Å². The van der Waals surface area contributed by atoms with Crippen LogP contribution in [0.2, 0.25) is 0 Å². The smallest absolute Gasteiger partial charge is 0.434 e. The van der Waals surface area contributed by atoms with Gasteiger partial charge in [0, 0.05) is 24.1 Å². The Kier molecular flexibility index (Phi) is 7.35. The first-order valence-corrected chi connectivity index (χ1v) is 12.2. The third kappa shape index (κ3) is 5.56. The maximum atomic E-state index is 13.5. The van der Waals surface area contributed by atoms with Crippen molar-refractivity contribution < 1.29 is 27.1 Å². The molecule has 0 amide bonds. The monoisotopic (exact) mass is 459 g/mol. The summed E-state index contributed by atoms with van der Waals surface area (Å²) in [5, 5.41) is 0. The van der Waals surface area contributed by atoms with Crippen LogP contribution in [-0.2, 0) is 25.7 Å². The van der Waals surface area contributed by atoms with E-state index >= 15 is 0 Å². The first kappa shape index (κ1) is 23.5. The lowest BCUT2D eigenvalue weighted by Gasteiger charge is -2.13. The van der Waals surface area contributed by atoms with Crippen LogP contribution in [-0.4, -0.2) is 38.6 Å². The molecule has 0 N–H and O–H groups in total. The van der Waals surface area contributed by atoms with Gasteiger partial charge in [-0.3, -0.25) is 0 Å². The molecule has 0 bridgehead atoms. The van der Waals surface area contributed by atoms with Gasteiger partial charge < -0.3 is 14.0 Å². The highest BCUT2D eigenvalue weighted by atomic mass is 32.2. The van der Waals surface area contributed by atoms with E-state index in [-0.39, 0.29) is 17.3 Å². The fourth-order valence-electron chi connectivity index (χ4n) is 3.39. The first-order chi connectivity index (χ1) is 15.2. The second-order valence-electron chi connectivity index (χ2n) is 7.45. The van der Waals surface area contributed by atoms with E-state index in [2.05, 4.69) is 0 Å². The van der Waals surface area contributed by atoms with Gasteiger partial charge in [0.05, 0.1) is 23.8 Å². The average Bonchev–Trinajstić information content (AvgIpc) is 3.08. The predicted octanol–water partition coefficient (Wildman–Crippen LogP) is 5.10. The summed E-state index contributed by atoms with van der Waals surface area (Å²) >= 11 is 0. The van der Waals surface area contributed by atoms with Gasteiger partial charge in [-0.1, -0.05) is 19.1 Å². The van der Waals surface area contributed by atoms with E-state index < -0.39 is 16.0 Å². The summed E-state index contributed by atoms with van der Waals surface area (Å²) in [7, 11) is -3.31. The minimum atomic E-state index is -3.31. The standard InChI is InChI=1S/C24H26FNO5S/c1-4-14-30-24(27)31-15-13-19-16-23(18-5-11-22(12-6-18)32(3,28)29)26(17(19)2)21-9-7-20(25)8-10-21/h5-12,16H,4,13-15H2,1-3H3. The zero-order valence-electron chi connectivity index (χ0n) is 18.3. The summed E-state index contributed by atoms with van der Waals surface area (Å²) < 4.78 is 49.1. The molecule has 0 atom stereocenters. The number of carbonyl (C=O) groups excluding carboxylic acids is 1. The molecule has 0 spiro atoms. The second kappa shape index (κ2) is 9.99. The zero-order chi connectivity index (χ0) is 23.3. The molecular weight excluding hydrogens is 433 g/mol. The van der Waals surface area contributed by atoms with Gasteiger partial charge in [0.25, 0.3) is 0 Å². The van der Waals surface area contributed by atoms with Crippen molar-refractivity contribution >= 4 is 16.0 Å². The van der Waals surface area contributed by atoms with Gasteiger partial charge in [-0.15, -0.1) is 0 Å². The third-order valence-corrected chi connectivity index (χ3v) is 6.16. The van der Waals surface area contributed by atoms with Gasteiger partial charge in [-0.25, -0.2) is 17.6 Å². The number of ether oxygens (including phenoxy) is 2. The first-order valence-electron chi connectivity index (χ1n) is 10.3. The van der Waals surface area contributed by atoms with Crippen LogP contribution in [0.1, 0.15) is 24.6 Å². The van der Waals surface area contributed by atoms with Crippen LogP contribution < -0.4 is 0 Å². The molecule has 0 aliphatic carbocycles. The van der Waals surface area contributed by atoms with Crippen LogP contribution in [0.4, 0.5) is 9.18 Å². The Morgan fingerprint density at radius 3 is 2.22 bits per heavy atom. The normalized spacial score (nSPS) is 11.4. The number of aromatic nitrogens is 1. The van der Waals surface area contributed by atoms with Gasteiger partial charge in [-0.2, -0.15) is 0 Å². The lowest BCUT2D eigenvalue weighted by atomic mass is 10.1. The molecule has 3 rings (SSSR count). The summed E-state index contributed by atoms with van der Waals surface area (Å²) in [6, 6.07) is 14.7. The Bertz CT molecular complexity index is 1180. The van der Waals surface area contributed by atoms with Gasteiger partial charge in [0.2, 0.25) is 0 Å². The highest BCUT2D eigenvalue weighted by Gasteiger charge is 2.17. The fourth-order valence-corrected chi connectivity index (χ4v) is 4.02. The van der Waals surface area contributed by atoms with Crippen LogP contribution in [0.25, 0.3) is 16.9 Å². The molecule has 0 radical (unpaired) electrons. The van der Waals surface area contributed by atoms with Crippen molar-refractivity contribution in [2.45, 2.75) is 31.6 Å². The summed E-state index contributed by atoms with van der Waals surface area (Å²) in [4.78, 5) is 11.8. The molecule has 0 aliphatic rings. The van der Waals surface area contributed by atoms with Crippen LogP contribution in [0.15, 0.2) is 59.5 Å².